The number of benzene rings is 3. The molecular weight excluding hydrogens is 333 g/mol. The minimum absolute atomic E-state index is 0.411. The van der Waals surface area contributed by atoms with Gasteiger partial charge in [-0.05, 0) is 43.1 Å². The Bertz CT molecular complexity index is 800. The smallest absolute Gasteiger partial charge is 0.0823 e. The van der Waals surface area contributed by atoms with Crippen molar-refractivity contribution in [3.8, 4) is 6.07 Å². The van der Waals surface area contributed by atoms with Crippen LogP contribution in [-0.2, 0) is 5.41 Å². The molecule has 3 aromatic rings. The molecule has 1 nitrogen and oxygen atoms in total. The quantitative estimate of drug-likeness (QED) is 0.521. The van der Waals surface area contributed by atoms with E-state index in [1.54, 1.807) is 0 Å². The molecule has 0 saturated heterocycles. The maximum absolute atomic E-state index is 10.0. The van der Waals surface area contributed by atoms with E-state index in [2.05, 4.69) is 85.8 Å². The summed E-state index contributed by atoms with van der Waals surface area (Å²) in [6.45, 7) is 2.13. The number of hydrogen-bond donors (Lipinski definition) is 0. The Morgan fingerprint density at radius 2 is 1.23 bits per heavy atom. The van der Waals surface area contributed by atoms with Crippen LogP contribution in [0.2, 0.25) is 0 Å². The van der Waals surface area contributed by atoms with Gasteiger partial charge in [-0.25, -0.2) is 0 Å². The summed E-state index contributed by atoms with van der Waals surface area (Å²) in [4.78, 5) is 0. The summed E-state index contributed by atoms with van der Waals surface area (Å²) >= 11 is 0. The largest absolute Gasteiger partial charge is 0.197 e. The van der Waals surface area contributed by atoms with Crippen molar-refractivity contribution in [2.45, 2.75) is 25.2 Å². The Balaban J connectivity index is 1.91. The Morgan fingerprint density at radius 3 is 1.65 bits per heavy atom. The molecule has 0 saturated carbocycles. The van der Waals surface area contributed by atoms with E-state index < -0.39 is 13.3 Å². The summed E-state index contributed by atoms with van der Waals surface area (Å²) in [5.74, 6) is 0. The minimum atomic E-state index is -0.468. The monoisotopic (exact) mass is 357 g/mol. The summed E-state index contributed by atoms with van der Waals surface area (Å²) < 4.78 is 0. The molecule has 0 amide bonds. The van der Waals surface area contributed by atoms with Gasteiger partial charge in [-0.1, -0.05) is 97.9 Å². The standard InChI is InChI=1S/C24H24NP/c1-2-24(20-25,21-12-6-3-7-13-21)18-19-26(22-14-8-4-9-15-22)23-16-10-5-11-17-23/h3-17H,2,18-19H2,1H3. The van der Waals surface area contributed by atoms with Crippen LogP contribution >= 0.6 is 7.92 Å². The molecule has 0 aliphatic heterocycles. The molecular formula is C24H24NP. The maximum atomic E-state index is 10.0. The molecule has 2 heteroatoms. The van der Waals surface area contributed by atoms with Crippen molar-refractivity contribution in [2.75, 3.05) is 6.16 Å². The van der Waals surface area contributed by atoms with Gasteiger partial charge < -0.3 is 0 Å². The number of nitrogens with zero attached hydrogens (tertiary/aromatic N) is 1. The molecule has 0 aliphatic rings. The predicted octanol–water partition coefficient (Wildman–Crippen LogP) is 5.38. The molecule has 0 heterocycles. The van der Waals surface area contributed by atoms with Crippen molar-refractivity contribution in [3.05, 3.63) is 96.6 Å². The first-order valence-electron chi connectivity index (χ1n) is 9.13. The van der Waals surface area contributed by atoms with Crippen molar-refractivity contribution in [1.82, 2.24) is 0 Å². The van der Waals surface area contributed by atoms with Crippen LogP contribution in [0.4, 0.5) is 0 Å². The third-order valence-corrected chi connectivity index (χ3v) is 7.56. The molecule has 1 unspecified atom stereocenters. The van der Waals surface area contributed by atoms with E-state index >= 15 is 0 Å². The minimum Gasteiger partial charge on any atom is -0.197 e. The van der Waals surface area contributed by atoms with Crippen LogP contribution in [0.25, 0.3) is 0 Å². The number of hydrogen-bond acceptors (Lipinski definition) is 1. The maximum Gasteiger partial charge on any atom is 0.0823 e. The lowest BCUT2D eigenvalue weighted by atomic mass is 9.77. The molecule has 0 spiro atoms. The van der Waals surface area contributed by atoms with Crippen molar-refractivity contribution in [2.24, 2.45) is 0 Å². The van der Waals surface area contributed by atoms with Gasteiger partial charge in [0.1, 0.15) is 0 Å². The first-order valence-corrected chi connectivity index (χ1v) is 10.7. The fourth-order valence-electron chi connectivity index (χ4n) is 3.41. The lowest BCUT2D eigenvalue weighted by molar-refractivity contribution is 0.514. The topological polar surface area (TPSA) is 23.8 Å². The summed E-state index contributed by atoms with van der Waals surface area (Å²) in [6.07, 6.45) is 2.72. The highest BCUT2D eigenvalue weighted by Gasteiger charge is 2.31. The zero-order valence-electron chi connectivity index (χ0n) is 15.2. The van der Waals surface area contributed by atoms with Crippen LogP contribution < -0.4 is 10.6 Å². The summed E-state index contributed by atoms with van der Waals surface area (Å²) in [5, 5.41) is 12.8. The van der Waals surface area contributed by atoms with E-state index in [4.69, 9.17) is 0 Å². The zero-order valence-corrected chi connectivity index (χ0v) is 16.1. The summed E-state index contributed by atoms with van der Waals surface area (Å²) in [5.41, 5.74) is 0.729. The average Bonchev–Trinajstić information content (AvgIpc) is 2.74. The first-order chi connectivity index (χ1) is 12.8. The van der Waals surface area contributed by atoms with E-state index in [0.717, 1.165) is 24.6 Å². The molecule has 0 fully saturated rings. The van der Waals surface area contributed by atoms with Gasteiger partial charge >= 0.3 is 0 Å². The Kier molecular flexibility index (Phi) is 6.21. The fraction of sp³-hybridized carbons (Fsp3) is 0.208. The lowest BCUT2D eigenvalue weighted by Crippen LogP contribution is -2.26. The van der Waals surface area contributed by atoms with Crippen molar-refractivity contribution in [3.63, 3.8) is 0 Å². The second-order valence-corrected chi connectivity index (χ2v) is 8.82. The van der Waals surface area contributed by atoms with Gasteiger partial charge in [0.15, 0.2) is 0 Å². The van der Waals surface area contributed by atoms with Crippen molar-refractivity contribution >= 4 is 18.5 Å². The predicted molar refractivity (Wildman–Crippen MR) is 113 cm³/mol. The molecule has 3 rings (SSSR count). The molecule has 0 radical (unpaired) electrons. The van der Waals surface area contributed by atoms with E-state index in [9.17, 15) is 5.26 Å². The van der Waals surface area contributed by atoms with Crippen molar-refractivity contribution < 1.29 is 0 Å². The van der Waals surface area contributed by atoms with Gasteiger partial charge in [0.25, 0.3) is 0 Å². The average molecular weight is 357 g/mol. The highest BCUT2D eigenvalue weighted by Crippen LogP contribution is 2.40. The van der Waals surface area contributed by atoms with Crippen LogP contribution in [-0.4, -0.2) is 6.16 Å². The van der Waals surface area contributed by atoms with Crippen LogP contribution in [0.5, 0.6) is 0 Å². The van der Waals surface area contributed by atoms with Crippen LogP contribution in [0.15, 0.2) is 91.0 Å². The normalized spacial score (nSPS) is 13.1. The Morgan fingerprint density at radius 1 is 0.769 bits per heavy atom. The molecule has 0 aliphatic carbocycles. The van der Waals surface area contributed by atoms with Crippen LogP contribution in [0, 0.1) is 11.3 Å². The second-order valence-electron chi connectivity index (χ2n) is 6.49. The first kappa shape index (κ1) is 18.4. The van der Waals surface area contributed by atoms with Gasteiger partial charge in [-0.3, -0.25) is 0 Å². The highest BCUT2D eigenvalue weighted by molar-refractivity contribution is 7.73. The second kappa shape index (κ2) is 8.79. The van der Waals surface area contributed by atoms with Gasteiger partial charge in [-0.2, -0.15) is 5.26 Å². The summed E-state index contributed by atoms with van der Waals surface area (Å²) in [7, 11) is -0.468. The molecule has 0 N–H and O–H groups in total. The van der Waals surface area contributed by atoms with Crippen molar-refractivity contribution in [1.29, 1.82) is 5.26 Å². The van der Waals surface area contributed by atoms with E-state index in [0.29, 0.717) is 0 Å². The lowest BCUT2D eigenvalue weighted by Gasteiger charge is -2.28. The highest BCUT2D eigenvalue weighted by atomic mass is 31.1. The third-order valence-electron chi connectivity index (χ3n) is 5.04. The number of nitriles is 1. The summed E-state index contributed by atoms with van der Waals surface area (Å²) in [6, 6.07) is 34.4. The molecule has 26 heavy (non-hydrogen) atoms. The van der Waals surface area contributed by atoms with E-state index in [1.807, 2.05) is 18.2 Å². The van der Waals surface area contributed by atoms with Gasteiger partial charge in [0, 0.05) is 0 Å². The van der Waals surface area contributed by atoms with E-state index in [1.165, 1.54) is 10.6 Å². The third kappa shape index (κ3) is 4.04. The fourth-order valence-corrected chi connectivity index (χ4v) is 5.89. The van der Waals surface area contributed by atoms with Gasteiger partial charge in [-0.15, -0.1) is 0 Å². The molecule has 0 bridgehead atoms. The SMILES string of the molecule is CCC(C#N)(CCP(c1ccccc1)c1ccccc1)c1ccccc1. The van der Waals surface area contributed by atoms with Crippen LogP contribution in [0.1, 0.15) is 25.3 Å². The Labute approximate surface area is 158 Å². The molecule has 130 valence electrons. The molecule has 1 atom stereocenters. The number of rotatable bonds is 7. The molecule has 3 aromatic carbocycles. The Hall–Kier alpha value is -2.42. The molecule has 0 aromatic heterocycles. The van der Waals surface area contributed by atoms with E-state index in [-0.39, 0.29) is 0 Å². The van der Waals surface area contributed by atoms with Gasteiger partial charge in [0.2, 0.25) is 0 Å². The zero-order chi connectivity index (χ0) is 18.2. The van der Waals surface area contributed by atoms with Gasteiger partial charge in [0.05, 0.1) is 11.5 Å². The van der Waals surface area contributed by atoms with Crippen LogP contribution in [0.3, 0.4) is 0 Å².